The highest BCUT2D eigenvalue weighted by Gasteiger charge is 2.27. The summed E-state index contributed by atoms with van der Waals surface area (Å²) in [5, 5.41) is 11.6. The van der Waals surface area contributed by atoms with E-state index in [1.165, 1.54) is 0 Å². The minimum Gasteiger partial charge on any atom is -0.318 e. The molecule has 0 heterocycles. The van der Waals surface area contributed by atoms with Gasteiger partial charge in [-0.25, -0.2) is 8.78 Å². The fraction of sp³-hybridized carbons (Fsp3) is 0.300. The molecule has 0 saturated carbocycles. The molecule has 0 aliphatic heterocycles. The fourth-order valence-electron chi connectivity index (χ4n) is 1.05. The molecule has 0 atom stereocenters. The van der Waals surface area contributed by atoms with Crippen LogP contribution in [0.2, 0.25) is 5.02 Å². The van der Waals surface area contributed by atoms with Crippen molar-refractivity contribution in [3.63, 3.8) is 0 Å². The van der Waals surface area contributed by atoms with E-state index in [9.17, 15) is 23.7 Å². The van der Waals surface area contributed by atoms with Gasteiger partial charge in [0.2, 0.25) is 5.91 Å². The minimum atomic E-state index is -1.26. The van der Waals surface area contributed by atoms with Crippen LogP contribution in [-0.4, -0.2) is 10.8 Å². The maximum absolute atomic E-state index is 13.2. The van der Waals surface area contributed by atoms with Crippen LogP contribution in [0.3, 0.4) is 0 Å². The molecule has 0 bridgehead atoms. The number of halogens is 3. The van der Waals surface area contributed by atoms with Crippen molar-refractivity contribution in [1.82, 2.24) is 0 Å². The molecule has 0 saturated heterocycles. The summed E-state index contributed by atoms with van der Waals surface area (Å²) in [6, 6.07) is 0.362. The second kappa shape index (κ2) is 6.85. The van der Waals surface area contributed by atoms with Crippen molar-refractivity contribution in [1.29, 1.82) is 0 Å². The molecular weight excluding hydrogens is 270 g/mol. The maximum Gasteiger partial charge on any atom is 0.317 e. The second-order valence-corrected chi connectivity index (χ2v) is 3.19. The Balaban J connectivity index is 0.00000137. The SMILES string of the molecule is CC.CC(=O)Nc1c(F)cc(F)c(Cl)c1[N+](=O)[O-]. The number of hydrogen-bond donors (Lipinski definition) is 1. The zero-order chi connectivity index (χ0) is 14.5. The van der Waals surface area contributed by atoms with Crippen molar-refractivity contribution in [3.05, 3.63) is 32.8 Å². The lowest BCUT2D eigenvalue weighted by molar-refractivity contribution is -0.384. The largest absolute Gasteiger partial charge is 0.318 e. The van der Waals surface area contributed by atoms with Crippen LogP contribution in [-0.2, 0) is 4.79 Å². The van der Waals surface area contributed by atoms with Crippen molar-refractivity contribution in [2.75, 3.05) is 5.32 Å². The molecule has 100 valence electrons. The number of carbonyl (C=O) groups excluding carboxylic acids is 1. The van der Waals surface area contributed by atoms with Crippen LogP contribution in [0.1, 0.15) is 20.8 Å². The van der Waals surface area contributed by atoms with Gasteiger partial charge in [-0.3, -0.25) is 14.9 Å². The van der Waals surface area contributed by atoms with Crippen molar-refractivity contribution < 1.29 is 18.5 Å². The Hall–Kier alpha value is -1.76. The number of nitrogens with one attached hydrogen (secondary N) is 1. The molecule has 18 heavy (non-hydrogen) atoms. The summed E-state index contributed by atoms with van der Waals surface area (Å²) < 4.78 is 26.1. The number of carbonyl (C=O) groups is 1. The molecule has 0 fully saturated rings. The summed E-state index contributed by atoms with van der Waals surface area (Å²) in [7, 11) is 0. The Morgan fingerprint density at radius 2 is 1.89 bits per heavy atom. The Morgan fingerprint density at radius 3 is 2.28 bits per heavy atom. The van der Waals surface area contributed by atoms with Crippen molar-refractivity contribution in [3.8, 4) is 0 Å². The third-order valence-electron chi connectivity index (χ3n) is 1.63. The Morgan fingerprint density at radius 1 is 1.39 bits per heavy atom. The summed E-state index contributed by atoms with van der Waals surface area (Å²) in [5.41, 5.74) is -1.75. The van der Waals surface area contributed by atoms with Crippen LogP contribution in [0.25, 0.3) is 0 Å². The van der Waals surface area contributed by atoms with E-state index < -0.39 is 38.9 Å². The zero-order valence-corrected chi connectivity index (χ0v) is 10.6. The molecular formula is C10H11ClF2N2O3. The smallest absolute Gasteiger partial charge is 0.317 e. The van der Waals surface area contributed by atoms with Gasteiger partial charge in [0.05, 0.1) is 4.92 Å². The number of nitro benzene ring substituents is 1. The summed E-state index contributed by atoms with van der Waals surface area (Å²) in [4.78, 5) is 20.2. The molecule has 1 aromatic rings. The lowest BCUT2D eigenvalue weighted by atomic mass is 10.2. The summed E-state index contributed by atoms with van der Waals surface area (Å²) >= 11 is 5.31. The molecule has 0 radical (unpaired) electrons. The maximum atomic E-state index is 13.2. The Kier molecular flexibility index (Phi) is 6.18. The standard InChI is InChI=1S/C8H5ClF2N2O3.C2H6/c1-3(14)12-7-5(11)2-4(10)6(9)8(7)13(15)16;1-2/h2H,1H3,(H,12,14);1-2H3. The van der Waals surface area contributed by atoms with Crippen molar-refractivity contribution in [2.24, 2.45) is 0 Å². The third-order valence-corrected chi connectivity index (χ3v) is 1.99. The van der Waals surface area contributed by atoms with E-state index in [4.69, 9.17) is 11.6 Å². The van der Waals surface area contributed by atoms with Crippen molar-refractivity contribution in [2.45, 2.75) is 20.8 Å². The number of nitrogens with zero attached hydrogens (tertiary/aromatic N) is 1. The molecule has 1 rings (SSSR count). The van der Waals surface area contributed by atoms with Gasteiger partial charge < -0.3 is 5.32 Å². The van der Waals surface area contributed by atoms with Gasteiger partial charge in [-0.05, 0) is 0 Å². The molecule has 0 aliphatic carbocycles. The van der Waals surface area contributed by atoms with Gasteiger partial charge in [0, 0.05) is 13.0 Å². The van der Waals surface area contributed by atoms with E-state index in [1.54, 1.807) is 0 Å². The van der Waals surface area contributed by atoms with E-state index in [1.807, 2.05) is 19.2 Å². The highest BCUT2D eigenvalue weighted by molar-refractivity contribution is 6.33. The van der Waals surface area contributed by atoms with Gasteiger partial charge >= 0.3 is 5.69 Å². The van der Waals surface area contributed by atoms with E-state index in [0.717, 1.165) is 6.92 Å². The quantitative estimate of drug-likeness (QED) is 0.512. The fourth-order valence-corrected chi connectivity index (χ4v) is 1.27. The van der Waals surface area contributed by atoms with Crippen molar-refractivity contribution >= 4 is 28.9 Å². The van der Waals surface area contributed by atoms with Gasteiger partial charge in [0.25, 0.3) is 0 Å². The topological polar surface area (TPSA) is 72.2 Å². The molecule has 0 aliphatic rings. The molecule has 5 nitrogen and oxygen atoms in total. The van der Waals surface area contributed by atoms with Crippen LogP contribution in [0, 0.1) is 21.7 Å². The van der Waals surface area contributed by atoms with Crippen LogP contribution in [0.5, 0.6) is 0 Å². The molecule has 0 aromatic heterocycles. The molecule has 1 aromatic carbocycles. The average molecular weight is 281 g/mol. The third kappa shape index (κ3) is 3.63. The van der Waals surface area contributed by atoms with E-state index >= 15 is 0 Å². The first-order valence-corrected chi connectivity index (χ1v) is 5.32. The van der Waals surface area contributed by atoms with Gasteiger partial charge in [0.15, 0.2) is 22.3 Å². The molecule has 8 heteroatoms. The normalized spacial score (nSPS) is 9.22. The predicted octanol–water partition coefficient (Wildman–Crippen LogP) is 3.51. The summed E-state index contributed by atoms with van der Waals surface area (Å²) in [6.07, 6.45) is 0. The lowest BCUT2D eigenvalue weighted by Crippen LogP contribution is -2.10. The molecule has 1 N–H and O–H groups in total. The number of hydrogen-bond acceptors (Lipinski definition) is 3. The number of nitro groups is 1. The predicted molar refractivity (Wildman–Crippen MR) is 63.7 cm³/mol. The van der Waals surface area contributed by atoms with E-state index in [0.29, 0.717) is 6.07 Å². The molecule has 0 unspecified atom stereocenters. The van der Waals surface area contributed by atoms with Crippen LogP contribution in [0.4, 0.5) is 20.2 Å². The summed E-state index contributed by atoms with van der Waals surface area (Å²) in [5.74, 6) is -3.26. The first-order valence-electron chi connectivity index (χ1n) is 4.94. The van der Waals surface area contributed by atoms with Gasteiger partial charge in [-0.1, -0.05) is 25.4 Å². The summed E-state index contributed by atoms with van der Waals surface area (Å²) in [6.45, 7) is 5.03. The lowest BCUT2D eigenvalue weighted by Gasteiger charge is -2.06. The number of rotatable bonds is 2. The van der Waals surface area contributed by atoms with E-state index in [-0.39, 0.29) is 0 Å². The first-order chi connectivity index (χ1) is 8.34. The second-order valence-electron chi connectivity index (χ2n) is 2.82. The first kappa shape index (κ1) is 16.2. The zero-order valence-electron chi connectivity index (χ0n) is 9.88. The molecule has 0 spiro atoms. The Bertz CT molecular complexity index is 481. The van der Waals surface area contributed by atoms with E-state index in [2.05, 4.69) is 0 Å². The average Bonchev–Trinajstić information content (AvgIpc) is 2.27. The van der Waals surface area contributed by atoms with Gasteiger partial charge in [0.1, 0.15) is 0 Å². The number of amides is 1. The molecule has 1 amide bonds. The Labute approximate surface area is 107 Å². The minimum absolute atomic E-state index is 0.362. The van der Waals surface area contributed by atoms with Crippen LogP contribution < -0.4 is 5.32 Å². The van der Waals surface area contributed by atoms with Gasteiger partial charge in [-0.15, -0.1) is 0 Å². The highest BCUT2D eigenvalue weighted by Crippen LogP contribution is 2.36. The van der Waals surface area contributed by atoms with Gasteiger partial charge in [-0.2, -0.15) is 0 Å². The number of anilines is 1. The van der Waals surface area contributed by atoms with Crippen LogP contribution in [0.15, 0.2) is 6.07 Å². The highest BCUT2D eigenvalue weighted by atomic mass is 35.5. The van der Waals surface area contributed by atoms with Crippen LogP contribution >= 0.6 is 11.6 Å². The monoisotopic (exact) mass is 280 g/mol. The number of benzene rings is 1.